The number of hydrogen-bond acceptors (Lipinski definition) is 5. The first kappa shape index (κ1) is 16.3. The molecule has 126 valence electrons. The van der Waals surface area contributed by atoms with Gasteiger partial charge in [0, 0.05) is 45.1 Å². The van der Waals surface area contributed by atoms with Crippen LogP contribution in [0.1, 0.15) is 16.1 Å². The zero-order valence-electron chi connectivity index (χ0n) is 12.8. The van der Waals surface area contributed by atoms with Gasteiger partial charge < -0.3 is 10.0 Å². The number of benzene rings is 1. The first-order chi connectivity index (χ1) is 11.5. The number of piperazine rings is 1. The van der Waals surface area contributed by atoms with E-state index < -0.39 is 17.6 Å². The Balaban J connectivity index is 1.64. The molecule has 0 radical (unpaired) electrons. The lowest BCUT2D eigenvalue weighted by Gasteiger charge is -2.35. The van der Waals surface area contributed by atoms with Gasteiger partial charge in [-0.3, -0.25) is 4.90 Å². The van der Waals surface area contributed by atoms with Gasteiger partial charge in [-0.1, -0.05) is 6.07 Å². The van der Waals surface area contributed by atoms with Crippen molar-refractivity contribution in [1.82, 2.24) is 14.9 Å². The van der Waals surface area contributed by atoms with E-state index in [4.69, 9.17) is 0 Å². The van der Waals surface area contributed by atoms with Crippen molar-refractivity contribution in [3.05, 3.63) is 53.5 Å². The predicted octanol–water partition coefficient (Wildman–Crippen LogP) is 1.78. The quantitative estimate of drug-likeness (QED) is 0.919. The van der Waals surface area contributed by atoms with Crippen LogP contribution >= 0.6 is 0 Å². The molecule has 0 atom stereocenters. The molecule has 0 unspecified atom stereocenters. The summed E-state index contributed by atoms with van der Waals surface area (Å²) in [5.41, 5.74) is 0.639. The molecule has 0 amide bonds. The molecule has 6 nitrogen and oxygen atoms in total. The summed E-state index contributed by atoms with van der Waals surface area (Å²) < 4.78 is 26.2. The van der Waals surface area contributed by atoms with Crippen molar-refractivity contribution >= 4 is 11.8 Å². The van der Waals surface area contributed by atoms with Crippen LogP contribution in [-0.4, -0.2) is 52.1 Å². The summed E-state index contributed by atoms with van der Waals surface area (Å²) in [4.78, 5) is 23.2. The summed E-state index contributed by atoms with van der Waals surface area (Å²) in [6.45, 7) is 3.01. The van der Waals surface area contributed by atoms with E-state index in [1.807, 2.05) is 4.90 Å². The van der Waals surface area contributed by atoms with Gasteiger partial charge in [-0.25, -0.2) is 23.5 Å². The third-order valence-corrected chi connectivity index (χ3v) is 3.94. The smallest absolute Gasteiger partial charge is 0.358 e. The third-order valence-electron chi connectivity index (χ3n) is 3.94. The first-order valence-corrected chi connectivity index (χ1v) is 7.50. The van der Waals surface area contributed by atoms with E-state index in [1.54, 1.807) is 6.07 Å². The molecule has 1 N–H and O–H groups in total. The molecule has 1 aromatic heterocycles. The standard InChI is InChI=1S/C16H16F2N4O2/c17-12-2-1-11(9-13(12)18)10-21-5-7-22(8-6-21)15-14(16(23)24)19-3-4-20-15/h1-4,9H,5-8,10H2,(H,23,24). The number of anilines is 1. The highest BCUT2D eigenvalue weighted by atomic mass is 19.2. The molecule has 1 saturated heterocycles. The number of carboxylic acid groups (broad SMARTS) is 1. The Kier molecular flexibility index (Phi) is 4.66. The summed E-state index contributed by atoms with van der Waals surface area (Å²) in [5, 5.41) is 9.19. The molecule has 1 aromatic carbocycles. The Hall–Kier alpha value is -2.61. The fraction of sp³-hybridized carbons (Fsp3) is 0.312. The number of rotatable bonds is 4. The number of carboxylic acids is 1. The number of nitrogens with zero attached hydrogens (tertiary/aromatic N) is 4. The van der Waals surface area contributed by atoms with Gasteiger partial charge in [0.05, 0.1) is 0 Å². The van der Waals surface area contributed by atoms with Gasteiger partial charge in [-0.05, 0) is 17.7 Å². The molecule has 24 heavy (non-hydrogen) atoms. The summed E-state index contributed by atoms with van der Waals surface area (Å²) >= 11 is 0. The van der Waals surface area contributed by atoms with Crippen molar-refractivity contribution in [2.75, 3.05) is 31.1 Å². The van der Waals surface area contributed by atoms with E-state index >= 15 is 0 Å². The molecular formula is C16H16F2N4O2. The van der Waals surface area contributed by atoms with Crippen LogP contribution in [0.25, 0.3) is 0 Å². The van der Waals surface area contributed by atoms with Gasteiger partial charge in [0.25, 0.3) is 0 Å². The van der Waals surface area contributed by atoms with Crippen molar-refractivity contribution in [2.24, 2.45) is 0 Å². The van der Waals surface area contributed by atoms with E-state index in [2.05, 4.69) is 14.9 Å². The van der Waals surface area contributed by atoms with Gasteiger partial charge in [0.1, 0.15) is 0 Å². The van der Waals surface area contributed by atoms with Crippen molar-refractivity contribution in [1.29, 1.82) is 0 Å². The number of carbonyl (C=O) groups is 1. The average molecular weight is 334 g/mol. The maximum Gasteiger partial charge on any atom is 0.358 e. The Labute approximate surface area is 137 Å². The molecule has 0 saturated carbocycles. The molecule has 1 aliphatic heterocycles. The molecule has 2 heterocycles. The van der Waals surface area contributed by atoms with Crippen molar-refractivity contribution in [3.8, 4) is 0 Å². The van der Waals surface area contributed by atoms with Crippen molar-refractivity contribution in [3.63, 3.8) is 0 Å². The minimum atomic E-state index is -1.11. The van der Waals surface area contributed by atoms with Crippen LogP contribution in [0.4, 0.5) is 14.6 Å². The van der Waals surface area contributed by atoms with Crippen LogP contribution in [0.5, 0.6) is 0 Å². The second-order valence-electron chi connectivity index (χ2n) is 5.55. The highest BCUT2D eigenvalue weighted by molar-refractivity contribution is 5.90. The van der Waals surface area contributed by atoms with Crippen LogP contribution < -0.4 is 4.90 Å². The first-order valence-electron chi connectivity index (χ1n) is 7.50. The molecule has 3 rings (SSSR count). The summed E-state index contributed by atoms with van der Waals surface area (Å²) in [6, 6.07) is 3.89. The van der Waals surface area contributed by atoms with Gasteiger partial charge in [-0.15, -0.1) is 0 Å². The molecule has 1 fully saturated rings. The fourth-order valence-corrected chi connectivity index (χ4v) is 2.73. The van der Waals surface area contributed by atoms with Crippen LogP contribution in [0.2, 0.25) is 0 Å². The van der Waals surface area contributed by atoms with Crippen LogP contribution in [-0.2, 0) is 6.54 Å². The zero-order chi connectivity index (χ0) is 17.1. The van der Waals surface area contributed by atoms with E-state index in [9.17, 15) is 18.7 Å². The highest BCUT2D eigenvalue weighted by Gasteiger charge is 2.23. The third kappa shape index (κ3) is 3.48. The molecule has 2 aromatic rings. The second kappa shape index (κ2) is 6.88. The van der Waals surface area contributed by atoms with Gasteiger partial charge in [0.15, 0.2) is 23.1 Å². The zero-order valence-corrected chi connectivity index (χ0v) is 12.8. The van der Waals surface area contributed by atoms with Gasteiger partial charge in [0.2, 0.25) is 0 Å². The number of halogens is 2. The summed E-state index contributed by atoms with van der Waals surface area (Å²) in [6.07, 6.45) is 2.82. The lowest BCUT2D eigenvalue weighted by atomic mass is 10.2. The minimum absolute atomic E-state index is 0.0634. The molecule has 0 spiro atoms. The number of hydrogen-bond donors (Lipinski definition) is 1. The lowest BCUT2D eigenvalue weighted by molar-refractivity contribution is 0.0690. The lowest BCUT2D eigenvalue weighted by Crippen LogP contribution is -2.46. The van der Waals surface area contributed by atoms with E-state index in [0.717, 1.165) is 6.07 Å². The second-order valence-corrected chi connectivity index (χ2v) is 5.55. The van der Waals surface area contributed by atoms with Crippen LogP contribution in [0.3, 0.4) is 0 Å². The minimum Gasteiger partial charge on any atom is -0.476 e. The van der Waals surface area contributed by atoms with Crippen molar-refractivity contribution < 1.29 is 18.7 Å². The Morgan fingerprint density at radius 1 is 1.08 bits per heavy atom. The van der Waals surface area contributed by atoms with Crippen LogP contribution in [0.15, 0.2) is 30.6 Å². The maximum atomic E-state index is 13.3. The molecule has 0 bridgehead atoms. The number of aromatic nitrogens is 2. The van der Waals surface area contributed by atoms with Gasteiger partial charge >= 0.3 is 5.97 Å². The molecule has 1 aliphatic rings. The Morgan fingerprint density at radius 3 is 2.46 bits per heavy atom. The van der Waals surface area contributed by atoms with Gasteiger partial charge in [-0.2, -0.15) is 0 Å². The maximum absolute atomic E-state index is 13.3. The monoisotopic (exact) mass is 334 g/mol. The summed E-state index contributed by atoms with van der Waals surface area (Å²) in [7, 11) is 0. The Bertz CT molecular complexity index is 749. The van der Waals surface area contributed by atoms with Crippen LogP contribution in [0, 0.1) is 11.6 Å². The molecular weight excluding hydrogens is 318 g/mol. The average Bonchev–Trinajstić information content (AvgIpc) is 2.59. The number of aromatic carboxylic acids is 1. The van der Waals surface area contributed by atoms with E-state index in [-0.39, 0.29) is 5.69 Å². The molecule has 8 heteroatoms. The SMILES string of the molecule is O=C(O)c1nccnc1N1CCN(Cc2ccc(F)c(F)c2)CC1. The predicted molar refractivity (Wildman–Crippen MR) is 82.8 cm³/mol. The topological polar surface area (TPSA) is 69.6 Å². The highest BCUT2D eigenvalue weighted by Crippen LogP contribution is 2.18. The van der Waals surface area contributed by atoms with E-state index in [1.165, 1.54) is 18.5 Å². The summed E-state index contributed by atoms with van der Waals surface area (Å²) in [5.74, 6) is -2.45. The normalized spacial score (nSPS) is 15.5. The largest absolute Gasteiger partial charge is 0.476 e. The molecule has 0 aliphatic carbocycles. The Morgan fingerprint density at radius 2 is 1.79 bits per heavy atom. The fourth-order valence-electron chi connectivity index (χ4n) is 2.73. The van der Waals surface area contributed by atoms with E-state index in [0.29, 0.717) is 44.1 Å². The van der Waals surface area contributed by atoms with Crippen molar-refractivity contribution in [2.45, 2.75) is 6.54 Å².